The number of carbonyl (C=O) groups excluding carboxylic acids is 2. The zero-order valence-corrected chi connectivity index (χ0v) is 8.20. The van der Waals surface area contributed by atoms with Gasteiger partial charge in [-0.05, 0) is 0 Å². The number of alkyl halides is 3. The summed E-state index contributed by atoms with van der Waals surface area (Å²) in [6.07, 6.45) is -6.65. The minimum atomic E-state index is -3.38. The summed E-state index contributed by atoms with van der Waals surface area (Å²) in [5.74, 6) is -2.51. The Balaban J connectivity index is 2.62. The van der Waals surface area contributed by atoms with Crippen LogP contribution < -0.4 is 0 Å². The Morgan fingerprint density at radius 1 is 1.06 bits per heavy atom. The Bertz CT molecular complexity index is 376. The molecule has 1 aromatic rings. The fourth-order valence-corrected chi connectivity index (χ4v) is 1.14. The second-order valence-corrected chi connectivity index (χ2v) is 3.16. The summed E-state index contributed by atoms with van der Waals surface area (Å²) >= 11 is 0. The molecule has 0 aromatic heterocycles. The highest BCUT2D eigenvalue weighted by Crippen LogP contribution is 2.11. The lowest BCUT2D eigenvalue weighted by molar-refractivity contribution is -0.134. The molecule has 5 heteroatoms. The second-order valence-electron chi connectivity index (χ2n) is 3.16. The number of hydrogen-bond donors (Lipinski definition) is 0. The Morgan fingerprint density at radius 2 is 1.62 bits per heavy atom. The van der Waals surface area contributed by atoms with Gasteiger partial charge in [-0.25, -0.2) is 13.2 Å². The second kappa shape index (κ2) is 5.44. The summed E-state index contributed by atoms with van der Waals surface area (Å²) in [4.78, 5) is 21.9. The molecule has 1 aromatic carbocycles. The number of halogens is 3. The van der Waals surface area contributed by atoms with Gasteiger partial charge >= 0.3 is 0 Å². The highest BCUT2D eigenvalue weighted by atomic mass is 19.3. The van der Waals surface area contributed by atoms with Gasteiger partial charge in [-0.3, -0.25) is 9.59 Å². The maximum atomic E-state index is 12.9. The lowest BCUT2D eigenvalue weighted by Gasteiger charge is -2.05. The van der Waals surface area contributed by atoms with E-state index < -0.39 is 30.6 Å². The molecule has 1 atom stereocenters. The molecule has 0 saturated heterocycles. The summed E-state index contributed by atoms with van der Waals surface area (Å²) in [7, 11) is 0. The van der Waals surface area contributed by atoms with Crippen LogP contribution in [-0.4, -0.2) is 24.2 Å². The molecule has 0 N–H and O–H groups in total. The van der Waals surface area contributed by atoms with Crippen LogP contribution in [0.5, 0.6) is 0 Å². The molecule has 0 heterocycles. The first-order valence-electron chi connectivity index (χ1n) is 4.56. The van der Waals surface area contributed by atoms with E-state index in [1.807, 2.05) is 0 Å². The molecule has 0 spiro atoms. The van der Waals surface area contributed by atoms with Crippen molar-refractivity contribution in [2.75, 3.05) is 0 Å². The van der Waals surface area contributed by atoms with Crippen molar-refractivity contribution < 1.29 is 22.8 Å². The van der Waals surface area contributed by atoms with E-state index in [-0.39, 0.29) is 5.56 Å². The van der Waals surface area contributed by atoms with Gasteiger partial charge in [0.2, 0.25) is 5.78 Å². The molecule has 16 heavy (non-hydrogen) atoms. The standard InChI is InChI=1S/C11H9F3O2/c12-8(10(16)11(13)14)6-9(15)7-4-2-1-3-5-7/h1-5,8,11H,6H2. The number of carbonyl (C=O) groups is 2. The smallest absolute Gasteiger partial charge is 0.294 e. The van der Waals surface area contributed by atoms with Crippen molar-refractivity contribution in [2.45, 2.75) is 19.0 Å². The van der Waals surface area contributed by atoms with Crippen LogP contribution in [0.25, 0.3) is 0 Å². The van der Waals surface area contributed by atoms with E-state index in [4.69, 9.17) is 0 Å². The molecule has 1 rings (SSSR count). The first-order chi connectivity index (χ1) is 7.52. The van der Waals surface area contributed by atoms with Gasteiger partial charge in [-0.1, -0.05) is 30.3 Å². The Morgan fingerprint density at radius 3 is 2.12 bits per heavy atom. The van der Waals surface area contributed by atoms with Crippen molar-refractivity contribution in [1.29, 1.82) is 0 Å². The number of rotatable bonds is 5. The van der Waals surface area contributed by atoms with Crippen LogP contribution in [-0.2, 0) is 4.79 Å². The van der Waals surface area contributed by atoms with Crippen molar-refractivity contribution in [3.8, 4) is 0 Å². The zero-order valence-electron chi connectivity index (χ0n) is 8.20. The highest BCUT2D eigenvalue weighted by Gasteiger charge is 2.28. The molecular formula is C11H9F3O2. The third-order valence-electron chi connectivity index (χ3n) is 1.98. The van der Waals surface area contributed by atoms with E-state index in [1.54, 1.807) is 18.2 Å². The van der Waals surface area contributed by atoms with E-state index in [2.05, 4.69) is 0 Å². The van der Waals surface area contributed by atoms with Crippen molar-refractivity contribution in [3.05, 3.63) is 35.9 Å². The summed E-state index contributed by atoms with van der Waals surface area (Å²) < 4.78 is 36.6. The van der Waals surface area contributed by atoms with E-state index >= 15 is 0 Å². The first-order valence-corrected chi connectivity index (χ1v) is 4.56. The van der Waals surface area contributed by atoms with Crippen LogP contribution in [0.3, 0.4) is 0 Å². The molecule has 0 bridgehead atoms. The van der Waals surface area contributed by atoms with E-state index in [0.29, 0.717) is 0 Å². The summed E-state index contributed by atoms with van der Waals surface area (Å²) in [6, 6.07) is 7.66. The molecule has 0 aliphatic rings. The molecule has 0 fully saturated rings. The predicted molar refractivity (Wildman–Crippen MR) is 51.3 cm³/mol. The Kier molecular flexibility index (Phi) is 4.22. The van der Waals surface area contributed by atoms with Gasteiger partial charge in [0.15, 0.2) is 12.0 Å². The minimum absolute atomic E-state index is 0.201. The van der Waals surface area contributed by atoms with E-state index in [0.717, 1.165) is 0 Å². The topological polar surface area (TPSA) is 34.1 Å². The molecule has 0 aliphatic heterocycles. The van der Waals surface area contributed by atoms with Crippen molar-refractivity contribution in [2.24, 2.45) is 0 Å². The van der Waals surface area contributed by atoms with Crippen LogP contribution in [0.4, 0.5) is 13.2 Å². The monoisotopic (exact) mass is 230 g/mol. The Labute approximate surface area is 90.1 Å². The van der Waals surface area contributed by atoms with Crippen LogP contribution in [0.1, 0.15) is 16.8 Å². The average molecular weight is 230 g/mol. The van der Waals surface area contributed by atoms with Gasteiger partial charge in [0.05, 0.1) is 0 Å². The van der Waals surface area contributed by atoms with Gasteiger partial charge < -0.3 is 0 Å². The molecule has 86 valence electrons. The van der Waals surface area contributed by atoms with Gasteiger partial charge in [0.1, 0.15) is 0 Å². The lowest BCUT2D eigenvalue weighted by Crippen LogP contribution is -2.25. The van der Waals surface area contributed by atoms with Crippen LogP contribution in [0.2, 0.25) is 0 Å². The number of hydrogen-bond acceptors (Lipinski definition) is 2. The number of ketones is 2. The molecule has 0 amide bonds. The van der Waals surface area contributed by atoms with Gasteiger partial charge in [0.25, 0.3) is 6.43 Å². The Hall–Kier alpha value is -1.65. The van der Waals surface area contributed by atoms with Crippen molar-refractivity contribution >= 4 is 11.6 Å². The minimum Gasteiger partial charge on any atom is -0.294 e. The van der Waals surface area contributed by atoms with Crippen molar-refractivity contribution in [1.82, 2.24) is 0 Å². The molecular weight excluding hydrogens is 221 g/mol. The predicted octanol–water partition coefficient (Wildman–Crippen LogP) is 2.43. The largest absolute Gasteiger partial charge is 0.299 e. The van der Waals surface area contributed by atoms with Crippen molar-refractivity contribution in [3.63, 3.8) is 0 Å². The van der Waals surface area contributed by atoms with Crippen LogP contribution in [0, 0.1) is 0 Å². The SMILES string of the molecule is O=C(CC(F)C(=O)C(F)F)c1ccccc1. The number of benzene rings is 1. The number of Topliss-reactive ketones (excluding diaryl/α,β-unsaturated/α-hetero) is 2. The molecule has 2 nitrogen and oxygen atoms in total. The third-order valence-corrected chi connectivity index (χ3v) is 1.98. The molecule has 0 aliphatic carbocycles. The van der Waals surface area contributed by atoms with Gasteiger partial charge in [-0.2, -0.15) is 0 Å². The first kappa shape index (κ1) is 12.4. The summed E-state index contributed by atoms with van der Waals surface area (Å²) in [5.41, 5.74) is 0.201. The molecule has 0 radical (unpaired) electrons. The highest BCUT2D eigenvalue weighted by molar-refractivity contribution is 6.00. The third kappa shape index (κ3) is 3.18. The van der Waals surface area contributed by atoms with Gasteiger partial charge in [-0.15, -0.1) is 0 Å². The van der Waals surface area contributed by atoms with Crippen LogP contribution in [0.15, 0.2) is 30.3 Å². The molecule has 1 unspecified atom stereocenters. The quantitative estimate of drug-likeness (QED) is 0.728. The van der Waals surface area contributed by atoms with E-state index in [1.165, 1.54) is 12.1 Å². The lowest BCUT2D eigenvalue weighted by atomic mass is 10.0. The normalized spacial score (nSPS) is 12.5. The fourth-order valence-electron chi connectivity index (χ4n) is 1.14. The van der Waals surface area contributed by atoms with Gasteiger partial charge in [0, 0.05) is 12.0 Å². The average Bonchev–Trinajstić information content (AvgIpc) is 2.28. The maximum Gasteiger partial charge on any atom is 0.299 e. The molecule has 0 saturated carbocycles. The maximum absolute atomic E-state index is 12.9. The summed E-state index contributed by atoms with van der Waals surface area (Å²) in [6.45, 7) is 0. The van der Waals surface area contributed by atoms with E-state index in [9.17, 15) is 22.8 Å². The zero-order chi connectivity index (χ0) is 12.1. The fraction of sp³-hybridized carbons (Fsp3) is 0.273. The van der Waals surface area contributed by atoms with Crippen LogP contribution >= 0.6 is 0 Å². The summed E-state index contributed by atoms with van der Waals surface area (Å²) in [5, 5.41) is 0.